The molecule has 0 aromatic carbocycles. The molecule has 1 nitrogen and oxygen atoms in total. The zero-order chi connectivity index (χ0) is 18.3. The van der Waals surface area contributed by atoms with Crippen molar-refractivity contribution in [3.8, 4) is 0 Å². The van der Waals surface area contributed by atoms with Crippen LogP contribution >= 0.6 is 23.2 Å². The van der Waals surface area contributed by atoms with Gasteiger partial charge < -0.3 is 4.90 Å². The third-order valence-electron chi connectivity index (χ3n) is 3.28. The molecule has 138 valence electrons. The zero-order valence-electron chi connectivity index (χ0n) is 16.5. The Bertz CT molecular complexity index is 322. The van der Waals surface area contributed by atoms with Crippen molar-refractivity contribution in [2.75, 3.05) is 20.1 Å². The first-order valence-electron chi connectivity index (χ1n) is 9.09. The lowest BCUT2D eigenvalue weighted by Gasteiger charge is -2.19. The summed E-state index contributed by atoms with van der Waals surface area (Å²) in [4.78, 5) is 2.37. The summed E-state index contributed by atoms with van der Waals surface area (Å²) < 4.78 is 0. The molecule has 0 aliphatic heterocycles. The molecule has 0 rings (SSSR count). The average Bonchev–Trinajstić information content (AvgIpc) is 2.45. The van der Waals surface area contributed by atoms with Crippen LogP contribution in [-0.4, -0.2) is 30.4 Å². The van der Waals surface area contributed by atoms with E-state index < -0.39 is 0 Å². The van der Waals surface area contributed by atoms with Gasteiger partial charge in [0.05, 0.1) is 0 Å². The summed E-state index contributed by atoms with van der Waals surface area (Å²) in [7, 11) is 2.18. The van der Waals surface area contributed by atoms with Crippen LogP contribution in [0, 0.1) is 5.92 Å². The molecule has 0 aromatic rings. The molecule has 0 aromatic heterocycles. The molecule has 1 unspecified atom stereocenters. The van der Waals surface area contributed by atoms with Crippen LogP contribution in [0.25, 0.3) is 0 Å². The topological polar surface area (TPSA) is 3.24 Å². The number of likely N-dealkylation sites (N-methyl/N-ethyl adjacent to an activating group) is 1. The Morgan fingerprint density at radius 3 is 2.17 bits per heavy atom. The number of allylic oxidation sites excluding steroid dienone is 3. The van der Waals surface area contributed by atoms with Gasteiger partial charge >= 0.3 is 0 Å². The summed E-state index contributed by atoms with van der Waals surface area (Å²) >= 11 is 11.8. The van der Waals surface area contributed by atoms with Gasteiger partial charge in [-0.1, -0.05) is 70.4 Å². The molecule has 0 N–H and O–H groups in total. The maximum absolute atomic E-state index is 6.07. The second kappa shape index (κ2) is 16.9. The first-order chi connectivity index (χ1) is 10.8. The Kier molecular flexibility index (Phi) is 18.5. The van der Waals surface area contributed by atoms with Crippen LogP contribution in [0.1, 0.15) is 73.6 Å². The first kappa shape index (κ1) is 25.3. The number of hydrogen-bond donors (Lipinski definition) is 0. The number of hydrogen-bond acceptors (Lipinski definition) is 1. The van der Waals surface area contributed by atoms with Crippen LogP contribution in [0.3, 0.4) is 0 Å². The van der Waals surface area contributed by atoms with E-state index in [1.807, 2.05) is 0 Å². The molecule has 0 amide bonds. The molecule has 23 heavy (non-hydrogen) atoms. The van der Waals surface area contributed by atoms with E-state index in [2.05, 4.69) is 65.6 Å². The Morgan fingerprint density at radius 1 is 1.13 bits per heavy atom. The fraction of sp³-hybridized carbons (Fsp3) is 0.800. The summed E-state index contributed by atoms with van der Waals surface area (Å²) in [5, 5.41) is 1.31. The molecule has 0 saturated carbocycles. The van der Waals surface area contributed by atoms with Crippen LogP contribution < -0.4 is 0 Å². The molecule has 0 aliphatic carbocycles. The van der Waals surface area contributed by atoms with E-state index in [-0.39, 0.29) is 0 Å². The van der Waals surface area contributed by atoms with Crippen LogP contribution in [0.2, 0.25) is 0 Å². The van der Waals surface area contributed by atoms with Gasteiger partial charge in [0.2, 0.25) is 0 Å². The summed E-state index contributed by atoms with van der Waals surface area (Å²) in [5.74, 6) is 0.735. The fourth-order valence-electron chi connectivity index (χ4n) is 2.24. The van der Waals surface area contributed by atoms with Crippen molar-refractivity contribution >= 4 is 23.2 Å². The molecule has 0 heterocycles. The van der Waals surface area contributed by atoms with E-state index in [0.717, 1.165) is 56.1 Å². The molecular formula is C20H39Cl2N. The van der Waals surface area contributed by atoms with Crippen LogP contribution in [-0.2, 0) is 0 Å². The van der Waals surface area contributed by atoms with Crippen molar-refractivity contribution in [3.05, 3.63) is 22.8 Å². The Labute approximate surface area is 156 Å². The smallest absolute Gasteiger partial charge is 0.0368 e. The number of rotatable bonds is 10. The second-order valence-electron chi connectivity index (χ2n) is 6.69. The normalized spacial score (nSPS) is 14.0. The maximum atomic E-state index is 6.07. The Hall–Kier alpha value is 0.0200. The zero-order valence-corrected chi connectivity index (χ0v) is 18.0. The van der Waals surface area contributed by atoms with E-state index in [1.54, 1.807) is 0 Å². The maximum Gasteiger partial charge on any atom is 0.0368 e. The van der Waals surface area contributed by atoms with Gasteiger partial charge in [0.1, 0.15) is 0 Å². The standard InChI is InChI=1S/C13H26ClN.C7H13Cl/c1-6-13(14)8-7-12(4)10-15(5)9-11(2)3;1-3-5-7(8)6-4-2/h7,11,13H,6,8-10H2,1-5H3;5H,3-4,6H2,1-2H3/b12-7+;7-5+. The highest BCUT2D eigenvalue weighted by molar-refractivity contribution is 6.29. The minimum atomic E-state index is 0.301. The van der Waals surface area contributed by atoms with Crippen molar-refractivity contribution in [1.29, 1.82) is 0 Å². The van der Waals surface area contributed by atoms with Crippen LogP contribution in [0.4, 0.5) is 0 Å². The van der Waals surface area contributed by atoms with E-state index in [0.29, 0.717) is 5.38 Å². The molecule has 0 spiro atoms. The molecular weight excluding hydrogens is 325 g/mol. The summed E-state index contributed by atoms with van der Waals surface area (Å²) in [6.07, 6.45) is 9.62. The van der Waals surface area contributed by atoms with Gasteiger partial charge in [0, 0.05) is 23.5 Å². The fourth-order valence-corrected chi connectivity index (χ4v) is 2.67. The van der Waals surface area contributed by atoms with Crippen molar-refractivity contribution in [3.63, 3.8) is 0 Å². The quantitative estimate of drug-likeness (QED) is 0.291. The van der Waals surface area contributed by atoms with Gasteiger partial charge in [0.15, 0.2) is 0 Å². The number of nitrogens with zero attached hydrogens (tertiary/aromatic N) is 1. The highest BCUT2D eigenvalue weighted by Crippen LogP contribution is 2.10. The van der Waals surface area contributed by atoms with Crippen LogP contribution in [0.5, 0.6) is 0 Å². The molecule has 0 radical (unpaired) electrons. The van der Waals surface area contributed by atoms with E-state index in [1.165, 1.54) is 5.57 Å². The molecule has 0 aliphatic rings. The molecule has 1 atom stereocenters. The van der Waals surface area contributed by atoms with E-state index in [4.69, 9.17) is 23.2 Å². The van der Waals surface area contributed by atoms with Gasteiger partial charge in [-0.3, -0.25) is 0 Å². The second-order valence-corrected chi connectivity index (χ2v) is 7.79. The van der Waals surface area contributed by atoms with Gasteiger partial charge in [-0.2, -0.15) is 0 Å². The van der Waals surface area contributed by atoms with Crippen LogP contribution in [0.15, 0.2) is 22.8 Å². The Morgan fingerprint density at radius 2 is 1.74 bits per heavy atom. The molecule has 0 fully saturated rings. The number of alkyl halides is 1. The predicted octanol–water partition coefficient (Wildman–Crippen LogP) is 7.25. The van der Waals surface area contributed by atoms with E-state index in [9.17, 15) is 0 Å². The van der Waals surface area contributed by atoms with E-state index >= 15 is 0 Å². The third-order valence-corrected chi connectivity index (χ3v) is 4.11. The summed E-state index contributed by atoms with van der Waals surface area (Å²) in [6, 6.07) is 0. The largest absolute Gasteiger partial charge is 0.302 e. The highest BCUT2D eigenvalue weighted by atomic mass is 35.5. The molecule has 0 saturated heterocycles. The average molecular weight is 364 g/mol. The molecule has 3 heteroatoms. The minimum Gasteiger partial charge on any atom is -0.302 e. The number of halogens is 2. The van der Waals surface area contributed by atoms with Crippen molar-refractivity contribution < 1.29 is 0 Å². The summed E-state index contributed by atoms with van der Waals surface area (Å²) in [6.45, 7) is 15.3. The predicted molar refractivity (Wildman–Crippen MR) is 110 cm³/mol. The lowest BCUT2D eigenvalue weighted by Crippen LogP contribution is -2.24. The van der Waals surface area contributed by atoms with Gasteiger partial charge in [0.25, 0.3) is 0 Å². The third kappa shape index (κ3) is 20.0. The highest BCUT2D eigenvalue weighted by Gasteiger charge is 2.03. The van der Waals surface area contributed by atoms with Crippen molar-refractivity contribution in [2.45, 2.75) is 79.0 Å². The lowest BCUT2D eigenvalue weighted by molar-refractivity contribution is 0.317. The van der Waals surface area contributed by atoms with Crippen molar-refractivity contribution in [2.24, 2.45) is 5.92 Å². The SMILES string of the molecule is CC/C=C(/Cl)CCC.CCC(Cl)C/C=C(\C)CN(C)CC(C)C. The summed E-state index contributed by atoms with van der Waals surface area (Å²) in [5.41, 5.74) is 1.43. The van der Waals surface area contributed by atoms with Gasteiger partial charge in [-0.25, -0.2) is 0 Å². The van der Waals surface area contributed by atoms with Gasteiger partial charge in [-0.15, -0.1) is 11.6 Å². The lowest BCUT2D eigenvalue weighted by atomic mass is 10.1. The molecule has 0 bridgehead atoms. The Balaban J connectivity index is 0. The van der Waals surface area contributed by atoms with Crippen molar-refractivity contribution in [1.82, 2.24) is 4.90 Å². The monoisotopic (exact) mass is 363 g/mol. The minimum absolute atomic E-state index is 0.301. The van der Waals surface area contributed by atoms with Gasteiger partial charge in [-0.05, 0) is 45.6 Å². The first-order valence-corrected chi connectivity index (χ1v) is 9.90.